The maximum absolute atomic E-state index is 2.87. The van der Waals surface area contributed by atoms with Gasteiger partial charge in [0.25, 0.3) is 0 Å². The number of hydrogen-bond donors (Lipinski definition) is 0. The highest BCUT2D eigenvalue weighted by Crippen LogP contribution is 2.60. The highest BCUT2D eigenvalue weighted by molar-refractivity contribution is 5.74. The highest BCUT2D eigenvalue weighted by atomic mass is 15.3. The van der Waals surface area contributed by atoms with Crippen molar-refractivity contribution in [3.63, 3.8) is 0 Å². The van der Waals surface area contributed by atoms with Crippen molar-refractivity contribution in [3.05, 3.63) is 145 Å². The van der Waals surface area contributed by atoms with E-state index in [1.807, 2.05) is 0 Å². The van der Waals surface area contributed by atoms with Crippen molar-refractivity contribution >= 4 is 30.0 Å². The Labute approximate surface area is 296 Å². The fraction of sp³-hybridized carbons (Fsp3) is 0.375. The van der Waals surface area contributed by atoms with Gasteiger partial charge in [0.1, 0.15) is 0 Å². The molecule has 3 aromatic carbocycles. The Hall–Kier alpha value is -4.30. The number of benzene rings is 3. The number of rotatable bonds is 0. The fourth-order valence-electron chi connectivity index (χ4n) is 11.1. The van der Waals surface area contributed by atoms with E-state index in [0.717, 1.165) is 13.1 Å². The van der Waals surface area contributed by atoms with Crippen LogP contribution in [0.15, 0.2) is 107 Å². The quantitative estimate of drug-likeness (QED) is 0.264. The molecular formula is C48H48N2. The molecule has 3 aromatic rings. The maximum atomic E-state index is 2.87. The summed E-state index contributed by atoms with van der Waals surface area (Å²) in [7, 11) is 0. The molecule has 50 heavy (non-hydrogen) atoms. The summed E-state index contributed by atoms with van der Waals surface area (Å²) < 4.78 is 0. The molecule has 0 radical (unpaired) electrons. The van der Waals surface area contributed by atoms with Crippen LogP contribution in [0, 0.1) is 29.1 Å². The Bertz CT molecular complexity index is 2420. The van der Waals surface area contributed by atoms with Gasteiger partial charge in [-0.3, -0.25) is 0 Å². The fourth-order valence-corrected chi connectivity index (χ4v) is 11.1. The van der Waals surface area contributed by atoms with Crippen LogP contribution in [0.2, 0.25) is 0 Å². The second-order valence-electron chi connectivity index (χ2n) is 18.5. The van der Waals surface area contributed by atoms with Crippen molar-refractivity contribution in [1.29, 1.82) is 0 Å². The predicted octanol–water partition coefficient (Wildman–Crippen LogP) is 6.80. The first-order valence-electron chi connectivity index (χ1n) is 19.2. The molecule has 0 saturated carbocycles. The molecule has 11 rings (SSSR count). The van der Waals surface area contributed by atoms with E-state index < -0.39 is 0 Å². The van der Waals surface area contributed by atoms with Crippen LogP contribution in [0.1, 0.15) is 70.1 Å². The lowest BCUT2D eigenvalue weighted by Crippen LogP contribution is -2.47. The number of anilines is 1. The second-order valence-corrected chi connectivity index (χ2v) is 18.5. The van der Waals surface area contributed by atoms with Gasteiger partial charge in [-0.15, -0.1) is 0 Å². The van der Waals surface area contributed by atoms with E-state index in [1.54, 1.807) is 22.3 Å². The van der Waals surface area contributed by atoms with Crippen LogP contribution in [0.3, 0.4) is 0 Å². The molecular weight excluding hydrogens is 605 g/mol. The molecule has 250 valence electrons. The predicted molar refractivity (Wildman–Crippen MR) is 207 cm³/mol. The monoisotopic (exact) mass is 652 g/mol. The van der Waals surface area contributed by atoms with Crippen LogP contribution >= 0.6 is 0 Å². The molecule has 4 aliphatic heterocycles. The van der Waals surface area contributed by atoms with Gasteiger partial charge in [0.2, 0.25) is 0 Å². The molecule has 2 fully saturated rings. The van der Waals surface area contributed by atoms with Gasteiger partial charge in [-0.2, -0.15) is 0 Å². The number of hydrogen-bond acceptors (Lipinski definition) is 2. The Morgan fingerprint density at radius 3 is 1.80 bits per heavy atom. The Kier molecular flexibility index (Phi) is 5.72. The van der Waals surface area contributed by atoms with E-state index in [1.165, 1.54) is 43.4 Å². The maximum Gasteiger partial charge on any atom is 0.0622 e. The molecule has 0 N–H and O–H groups in total. The van der Waals surface area contributed by atoms with Gasteiger partial charge in [0.15, 0.2) is 0 Å². The summed E-state index contributed by atoms with van der Waals surface area (Å²) in [5.41, 5.74) is 12.6. The van der Waals surface area contributed by atoms with Gasteiger partial charge in [-0.25, -0.2) is 0 Å². The van der Waals surface area contributed by atoms with Crippen molar-refractivity contribution in [1.82, 2.24) is 4.90 Å². The third-order valence-corrected chi connectivity index (χ3v) is 13.6. The minimum atomic E-state index is 0.0773. The summed E-state index contributed by atoms with van der Waals surface area (Å²) in [6.45, 7) is 16.6. The van der Waals surface area contributed by atoms with Gasteiger partial charge >= 0.3 is 0 Å². The molecule has 2 heteroatoms. The summed E-state index contributed by atoms with van der Waals surface area (Å²) in [6.07, 6.45) is 21.2. The lowest BCUT2D eigenvalue weighted by Gasteiger charge is -2.49. The summed E-state index contributed by atoms with van der Waals surface area (Å²) in [6, 6.07) is 24.0. The van der Waals surface area contributed by atoms with E-state index in [9.17, 15) is 0 Å². The summed E-state index contributed by atoms with van der Waals surface area (Å²) >= 11 is 0. The summed E-state index contributed by atoms with van der Waals surface area (Å²) in [5, 5.41) is 5.57. The normalized spacial score (nSPS) is 31.9. The molecule has 8 aliphatic rings. The zero-order chi connectivity index (χ0) is 33.8. The van der Waals surface area contributed by atoms with Crippen molar-refractivity contribution in [2.45, 2.75) is 70.9 Å². The molecule has 0 amide bonds. The molecule has 0 bridgehead atoms. The van der Waals surface area contributed by atoms with Crippen LogP contribution in [-0.2, 0) is 5.41 Å². The topological polar surface area (TPSA) is 6.48 Å². The van der Waals surface area contributed by atoms with E-state index >= 15 is 0 Å². The average Bonchev–Trinajstić information content (AvgIpc) is 3.58. The molecule has 2 saturated heterocycles. The summed E-state index contributed by atoms with van der Waals surface area (Å²) in [5.74, 6) is 2.60. The lowest BCUT2D eigenvalue weighted by atomic mass is 9.67. The second kappa shape index (κ2) is 9.72. The Morgan fingerprint density at radius 2 is 1.16 bits per heavy atom. The van der Waals surface area contributed by atoms with E-state index in [0.29, 0.717) is 47.6 Å². The van der Waals surface area contributed by atoms with Crippen LogP contribution in [0.5, 0.6) is 0 Å². The van der Waals surface area contributed by atoms with Crippen molar-refractivity contribution < 1.29 is 0 Å². The van der Waals surface area contributed by atoms with Crippen LogP contribution in [0.25, 0.3) is 24.3 Å². The number of nitrogens with zero attached hydrogens (tertiary/aromatic N) is 2. The van der Waals surface area contributed by atoms with E-state index in [4.69, 9.17) is 0 Å². The molecule has 4 aliphatic carbocycles. The molecule has 8 atom stereocenters. The van der Waals surface area contributed by atoms with Crippen molar-refractivity contribution in [3.8, 4) is 0 Å². The minimum absolute atomic E-state index is 0.0773. The highest BCUT2D eigenvalue weighted by Gasteiger charge is 2.56. The van der Waals surface area contributed by atoms with Crippen LogP contribution < -0.4 is 25.8 Å². The van der Waals surface area contributed by atoms with Gasteiger partial charge in [0.05, 0.1) is 12.1 Å². The smallest absolute Gasteiger partial charge is 0.0622 e. The zero-order valence-corrected chi connectivity index (χ0v) is 30.3. The average molecular weight is 653 g/mol. The first-order valence-corrected chi connectivity index (χ1v) is 19.2. The standard InChI is InChI=1S/C48H48N2/c1-47(2,3)33-20-39-35-16-28-12-8-7-11-27(28)15-31(35)25-49-26-32-18-38-42-23-34(48(4,5)6)22-41-37-17-29-13-9-10-14-30(29)19-43(37)50(46(41)42)44(38)24-36(32)40(21-33)45(39)49/h7-24,31-32,35-37,42-43,46H,25-26H2,1-6H3. The zero-order valence-electron chi connectivity index (χ0n) is 30.3. The number of fused-ring (bicyclic) bond motifs is 12. The third kappa shape index (κ3) is 3.97. The van der Waals surface area contributed by atoms with Gasteiger partial charge in [-0.1, -0.05) is 151 Å². The lowest BCUT2D eigenvalue weighted by molar-refractivity contribution is 0.315. The van der Waals surface area contributed by atoms with Crippen molar-refractivity contribution in [2.75, 3.05) is 18.0 Å². The van der Waals surface area contributed by atoms with Crippen LogP contribution in [-0.4, -0.2) is 30.1 Å². The third-order valence-electron chi connectivity index (χ3n) is 13.6. The molecule has 4 heterocycles. The molecule has 8 unspecified atom stereocenters. The summed E-state index contributed by atoms with van der Waals surface area (Å²) in [4.78, 5) is 5.66. The SMILES string of the molecule is CC(C)(C)C1=CC2C3=CC4CN5CC6C=c7ccccc7=CC6c6cc(C(C)(C)C)cc(c65)C4C=C3N3C4C=c5ccccc5=CC4C(=C1)C23. The Morgan fingerprint density at radius 1 is 0.580 bits per heavy atom. The van der Waals surface area contributed by atoms with Crippen LogP contribution in [0.4, 0.5) is 5.69 Å². The van der Waals surface area contributed by atoms with Crippen molar-refractivity contribution in [2.24, 2.45) is 29.1 Å². The minimum Gasteiger partial charge on any atom is -0.370 e. The largest absolute Gasteiger partial charge is 0.370 e. The molecule has 2 nitrogen and oxygen atoms in total. The van der Waals surface area contributed by atoms with E-state index in [2.05, 4.69) is 161 Å². The van der Waals surface area contributed by atoms with E-state index in [-0.39, 0.29) is 10.8 Å². The first-order chi connectivity index (χ1) is 24.0. The molecule has 0 aromatic heterocycles. The van der Waals surface area contributed by atoms with Gasteiger partial charge in [0, 0.05) is 60.0 Å². The van der Waals surface area contributed by atoms with Gasteiger partial charge < -0.3 is 9.80 Å². The van der Waals surface area contributed by atoms with Gasteiger partial charge in [-0.05, 0) is 65.1 Å². The number of allylic oxidation sites excluding steroid dienone is 4. The Balaban J connectivity index is 1.11. The first kappa shape index (κ1) is 29.4. The molecule has 0 spiro atoms.